The van der Waals surface area contributed by atoms with Crippen LogP contribution in [-0.4, -0.2) is 11.9 Å². The molecule has 4 nitrogen and oxygen atoms in total. The maximum atomic E-state index is 11.7. The Morgan fingerprint density at radius 2 is 2.00 bits per heavy atom. The Labute approximate surface area is 131 Å². The predicted octanol–water partition coefficient (Wildman–Crippen LogP) is 3.14. The summed E-state index contributed by atoms with van der Waals surface area (Å²) in [5.41, 5.74) is 7.69. The maximum absolute atomic E-state index is 11.7. The monoisotopic (exact) mass is 298 g/mol. The van der Waals surface area contributed by atoms with Gasteiger partial charge in [0, 0.05) is 24.6 Å². The number of carbonyl (C=O) groups is 1. The molecule has 0 aromatic heterocycles. The molecule has 2 rings (SSSR count). The van der Waals surface area contributed by atoms with Gasteiger partial charge in [-0.05, 0) is 37.6 Å². The van der Waals surface area contributed by atoms with Gasteiger partial charge in [0.05, 0.1) is 0 Å². The van der Waals surface area contributed by atoms with E-state index in [-0.39, 0.29) is 11.9 Å². The molecule has 0 aliphatic heterocycles. The molecule has 1 amide bonds. The van der Waals surface area contributed by atoms with Crippen LogP contribution >= 0.6 is 0 Å². The number of aryl methyl sites for hydroxylation is 1. The number of para-hydroxylation sites is 1. The number of amides is 1. The quantitative estimate of drug-likeness (QED) is 0.861. The fourth-order valence-corrected chi connectivity index (χ4v) is 2.11. The number of carbonyl (C=O) groups excluding carboxylic acids is 1. The van der Waals surface area contributed by atoms with Crippen LogP contribution in [-0.2, 0) is 11.3 Å². The molecular formula is C18H22N2O2. The second-order valence-corrected chi connectivity index (χ2v) is 5.48. The molecule has 0 heterocycles. The van der Waals surface area contributed by atoms with Crippen LogP contribution in [0.5, 0.6) is 11.5 Å². The maximum Gasteiger partial charge on any atom is 0.221 e. The zero-order valence-corrected chi connectivity index (χ0v) is 13.0. The standard InChI is InChI=1S/C18H22N2O2/c1-13-6-5-8-16(10-13)22-17-9-4-3-7-15(17)12-20-18(21)11-14(2)19/h3-10,14H,11-12,19H2,1-2H3,(H,20,21). The predicted molar refractivity (Wildman–Crippen MR) is 87.8 cm³/mol. The zero-order chi connectivity index (χ0) is 15.9. The number of nitrogens with two attached hydrogens (primary N) is 1. The SMILES string of the molecule is Cc1cccc(Oc2ccccc2CNC(=O)CC(C)N)c1. The minimum absolute atomic E-state index is 0.0552. The van der Waals surface area contributed by atoms with E-state index in [0.717, 1.165) is 22.6 Å². The third kappa shape index (κ3) is 4.90. The van der Waals surface area contributed by atoms with Crippen molar-refractivity contribution in [1.82, 2.24) is 5.32 Å². The Kier molecular flexibility index (Phi) is 5.55. The van der Waals surface area contributed by atoms with Gasteiger partial charge in [-0.2, -0.15) is 0 Å². The lowest BCUT2D eigenvalue weighted by atomic mass is 10.2. The summed E-state index contributed by atoms with van der Waals surface area (Å²) < 4.78 is 5.93. The second kappa shape index (κ2) is 7.61. The van der Waals surface area contributed by atoms with Crippen molar-refractivity contribution in [2.24, 2.45) is 5.73 Å². The van der Waals surface area contributed by atoms with Gasteiger partial charge >= 0.3 is 0 Å². The number of ether oxygens (including phenoxy) is 1. The topological polar surface area (TPSA) is 64.3 Å². The van der Waals surface area contributed by atoms with Crippen LogP contribution in [0.4, 0.5) is 0 Å². The molecule has 0 bridgehead atoms. The normalized spacial score (nSPS) is 11.8. The van der Waals surface area contributed by atoms with E-state index in [1.54, 1.807) is 0 Å². The first kappa shape index (κ1) is 16.0. The lowest BCUT2D eigenvalue weighted by Crippen LogP contribution is -2.29. The molecule has 2 aromatic carbocycles. The van der Waals surface area contributed by atoms with E-state index < -0.39 is 0 Å². The Bertz CT molecular complexity index is 638. The third-order valence-corrected chi connectivity index (χ3v) is 3.17. The van der Waals surface area contributed by atoms with Gasteiger partial charge in [-0.3, -0.25) is 4.79 Å². The Balaban J connectivity index is 2.05. The molecule has 116 valence electrons. The van der Waals surface area contributed by atoms with Crippen LogP contribution < -0.4 is 15.8 Å². The van der Waals surface area contributed by atoms with Crippen LogP contribution in [0.15, 0.2) is 48.5 Å². The average molecular weight is 298 g/mol. The smallest absolute Gasteiger partial charge is 0.221 e. The molecule has 1 atom stereocenters. The Hall–Kier alpha value is -2.33. The van der Waals surface area contributed by atoms with Crippen LogP contribution in [0.1, 0.15) is 24.5 Å². The molecule has 22 heavy (non-hydrogen) atoms. The summed E-state index contributed by atoms with van der Waals surface area (Å²) in [5, 5.41) is 2.87. The summed E-state index contributed by atoms with van der Waals surface area (Å²) in [5.74, 6) is 1.48. The van der Waals surface area contributed by atoms with Gasteiger partial charge < -0.3 is 15.8 Å². The molecule has 0 saturated carbocycles. The fourth-order valence-electron chi connectivity index (χ4n) is 2.11. The summed E-state index contributed by atoms with van der Waals surface area (Å²) >= 11 is 0. The summed E-state index contributed by atoms with van der Waals surface area (Å²) in [6, 6.07) is 15.4. The van der Waals surface area contributed by atoms with Gasteiger partial charge in [0.25, 0.3) is 0 Å². The van der Waals surface area contributed by atoms with E-state index in [0.29, 0.717) is 13.0 Å². The van der Waals surface area contributed by atoms with Crippen molar-refractivity contribution in [2.45, 2.75) is 32.9 Å². The lowest BCUT2D eigenvalue weighted by Gasteiger charge is -2.13. The number of hydrogen-bond acceptors (Lipinski definition) is 3. The summed E-state index contributed by atoms with van der Waals surface area (Å²) in [4.78, 5) is 11.7. The van der Waals surface area contributed by atoms with Gasteiger partial charge in [0.2, 0.25) is 5.91 Å². The summed E-state index contributed by atoms with van der Waals surface area (Å²) in [6.07, 6.45) is 0.320. The highest BCUT2D eigenvalue weighted by atomic mass is 16.5. The van der Waals surface area contributed by atoms with Gasteiger partial charge in [-0.15, -0.1) is 0 Å². The molecule has 1 unspecified atom stereocenters. The molecule has 3 N–H and O–H groups in total. The number of rotatable bonds is 6. The Morgan fingerprint density at radius 3 is 2.73 bits per heavy atom. The molecule has 0 fully saturated rings. The van der Waals surface area contributed by atoms with E-state index in [1.165, 1.54) is 0 Å². The van der Waals surface area contributed by atoms with Crippen molar-refractivity contribution in [1.29, 1.82) is 0 Å². The van der Waals surface area contributed by atoms with Crippen LogP contribution in [0.25, 0.3) is 0 Å². The van der Waals surface area contributed by atoms with Gasteiger partial charge in [0.1, 0.15) is 11.5 Å². The highest BCUT2D eigenvalue weighted by molar-refractivity contribution is 5.76. The molecule has 0 aliphatic carbocycles. The first-order chi connectivity index (χ1) is 10.5. The molecular weight excluding hydrogens is 276 g/mol. The van der Waals surface area contributed by atoms with Crippen LogP contribution in [0, 0.1) is 6.92 Å². The van der Waals surface area contributed by atoms with Crippen LogP contribution in [0.3, 0.4) is 0 Å². The Morgan fingerprint density at radius 1 is 1.23 bits per heavy atom. The highest BCUT2D eigenvalue weighted by Gasteiger charge is 2.08. The molecule has 0 radical (unpaired) electrons. The molecule has 0 spiro atoms. The molecule has 0 saturated heterocycles. The van der Waals surface area contributed by atoms with Gasteiger partial charge in [-0.25, -0.2) is 0 Å². The van der Waals surface area contributed by atoms with E-state index in [2.05, 4.69) is 5.32 Å². The second-order valence-electron chi connectivity index (χ2n) is 5.48. The van der Waals surface area contributed by atoms with E-state index in [1.807, 2.05) is 62.4 Å². The average Bonchev–Trinajstić information content (AvgIpc) is 2.46. The van der Waals surface area contributed by atoms with Crippen molar-refractivity contribution in [3.8, 4) is 11.5 Å². The van der Waals surface area contributed by atoms with E-state index in [4.69, 9.17) is 10.5 Å². The lowest BCUT2D eigenvalue weighted by molar-refractivity contribution is -0.121. The summed E-state index contributed by atoms with van der Waals surface area (Å²) in [6.45, 7) is 4.26. The molecule has 2 aromatic rings. The van der Waals surface area contributed by atoms with Gasteiger partial charge in [-0.1, -0.05) is 30.3 Å². The first-order valence-electron chi connectivity index (χ1n) is 7.39. The first-order valence-corrected chi connectivity index (χ1v) is 7.39. The van der Waals surface area contributed by atoms with Crippen LogP contribution in [0.2, 0.25) is 0 Å². The van der Waals surface area contributed by atoms with Crippen molar-refractivity contribution in [3.63, 3.8) is 0 Å². The number of nitrogens with one attached hydrogen (secondary N) is 1. The highest BCUT2D eigenvalue weighted by Crippen LogP contribution is 2.25. The van der Waals surface area contributed by atoms with Crippen molar-refractivity contribution >= 4 is 5.91 Å². The van der Waals surface area contributed by atoms with E-state index in [9.17, 15) is 4.79 Å². The van der Waals surface area contributed by atoms with Gasteiger partial charge in [0.15, 0.2) is 0 Å². The minimum Gasteiger partial charge on any atom is -0.457 e. The van der Waals surface area contributed by atoms with Crippen molar-refractivity contribution < 1.29 is 9.53 Å². The van der Waals surface area contributed by atoms with E-state index >= 15 is 0 Å². The molecule has 0 aliphatic rings. The minimum atomic E-state index is -0.140. The number of benzene rings is 2. The van der Waals surface area contributed by atoms with Crippen molar-refractivity contribution in [3.05, 3.63) is 59.7 Å². The zero-order valence-electron chi connectivity index (χ0n) is 13.0. The largest absolute Gasteiger partial charge is 0.457 e. The number of hydrogen-bond donors (Lipinski definition) is 2. The fraction of sp³-hybridized carbons (Fsp3) is 0.278. The summed E-state index contributed by atoms with van der Waals surface area (Å²) in [7, 11) is 0. The third-order valence-electron chi connectivity index (χ3n) is 3.17. The molecule has 4 heteroatoms. The van der Waals surface area contributed by atoms with Crippen molar-refractivity contribution in [2.75, 3.05) is 0 Å².